The van der Waals surface area contributed by atoms with Crippen LogP contribution < -0.4 is 4.90 Å². The van der Waals surface area contributed by atoms with E-state index >= 15 is 0 Å². The number of carboxylic acids is 1. The Morgan fingerprint density at radius 1 is 1.29 bits per heavy atom. The zero-order valence-electron chi connectivity index (χ0n) is 23.2. The number of aromatic nitrogens is 1. The maximum absolute atomic E-state index is 14.5. The summed E-state index contributed by atoms with van der Waals surface area (Å²) in [5.41, 5.74) is 0.678. The number of hydrogen-bond acceptors (Lipinski definition) is 9. The van der Waals surface area contributed by atoms with Gasteiger partial charge in [-0.05, 0) is 63.5 Å². The fourth-order valence-electron chi connectivity index (χ4n) is 6.63. The summed E-state index contributed by atoms with van der Waals surface area (Å²) in [5, 5.41) is 10.3. The minimum atomic E-state index is -1.43. The number of thiophene rings is 1. The number of methoxy groups -OCH3 is 1. The van der Waals surface area contributed by atoms with E-state index in [1.807, 2.05) is 13.0 Å². The number of aliphatic carboxylic acids is 1. The molecule has 2 aromatic heterocycles. The maximum Gasteiger partial charge on any atom is 0.306 e. The number of oxazole rings is 1. The van der Waals surface area contributed by atoms with Gasteiger partial charge < -0.3 is 23.7 Å². The first-order chi connectivity index (χ1) is 19.8. The first kappa shape index (κ1) is 27.9. The van der Waals surface area contributed by atoms with E-state index in [9.17, 15) is 19.5 Å². The lowest BCUT2D eigenvalue weighted by Crippen LogP contribution is -2.54. The van der Waals surface area contributed by atoms with Crippen molar-refractivity contribution in [2.24, 2.45) is 11.3 Å². The van der Waals surface area contributed by atoms with Gasteiger partial charge in [0, 0.05) is 18.8 Å². The van der Waals surface area contributed by atoms with E-state index in [2.05, 4.69) is 11.1 Å². The summed E-state index contributed by atoms with van der Waals surface area (Å²) in [7, 11) is 1.63. The average molecular weight is 583 g/mol. The molecule has 6 rings (SSSR count). The van der Waals surface area contributed by atoms with Gasteiger partial charge in [0.15, 0.2) is 5.78 Å². The Hall–Kier alpha value is -3.28. The van der Waals surface area contributed by atoms with E-state index in [0.717, 1.165) is 37.0 Å². The molecule has 10 nitrogen and oxygen atoms in total. The minimum Gasteiger partial charge on any atom is -0.497 e. The zero-order valence-corrected chi connectivity index (χ0v) is 24.0. The van der Waals surface area contributed by atoms with Crippen molar-refractivity contribution < 1.29 is 38.1 Å². The van der Waals surface area contributed by atoms with E-state index < -0.39 is 23.4 Å². The van der Waals surface area contributed by atoms with Crippen LogP contribution in [-0.4, -0.2) is 66.8 Å². The molecule has 0 radical (unpaired) electrons. The van der Waals surface area contributed by atoms with Gasteiger partial charge in [-0.25, -0.2) is 4.98 Å². The van der Waals surface area contributed by atoms with Gasteiger partial charge in [0.25, 0.3) is 0 Å². The highest BCUT2D eigenvalue weighted by molar-refractivity contribution is 7.20. The predicted molar refractivity (Wildman–Crippen MR) is 150 cm³/mol. The van der Waals surface area contributed by atoms with Crippen molar-refractivity contribution in [1.82, 2.24) is 4.98 Å². The average Bonchev–Trinajstić information content (AvgIpc) is 3.74. The number of carboxylic acid groups (broad SMARTS) is 1. The van der Waals surface area contributed by atoms with Crippen LogP contribution in [0.5, 0.6) is 0 Å². The monoisotopic (exact) mass is 582 g/mol. The molecule has 0 bridgehead atoms. The molecule has 2 aliphatic heterocycles. The normalized spacial score (nSPS) is 25.7. The third-order valence-corrected chi connectivity index (χ3v) is 10.1. The number of ether oxygens (including phenoxy) is 3. The molecular formula is C30H34N2O8S. The highest BCUT2D eigenvalue weighted by Crippen LogP contribution is 2.54. The number of rotatable bonds is 8. The Labute approximate surface area is 242 Å². The largest absolute Gasteiger partial charge is 0.497 e. The summed E-state index contributed by atoms with van der Waals surface area (Å²) in [4.78, 5) is 47.3. The Morgan fingerprint density at radius 2 is 2.10 bits per heavy atom. The summed E-state index contributed by atoms with van der Waals surface area (Å²) in [6.07, 6.45) is 9.98. The third-order valence-electron chi connectivity index (χ3n) is 8.83. The van der Waals surface area contributed by atoms with Crippen molar-refractivity contribution in [2.45, 2.75) is 64.1 Å². The molecule has 4 aliphatic rings. The van der Waals surface area contributed by atoms with Crippen molar-refractivity contribution in [1.29, 1.82) is 0 Å². The lowest BCUT2D eigenvalue weighted by Gasteiger charge is -2.40. The summed E-state index contributed by atoms with van der Waals surface area (Å²) < 4.78 is 23.6. The van der Waals surface area contributed by atoms with Crippen LogP contribution >= 0.6 is 11.3 Å². The van der Waals surface area contributed by atoms with E-state index in [-0.39, 0.29) is 43.6 Å². The van der Waals surface area contributed by atoms with Gasteiger partial charge in [-0.3, -0.25) is 19.3 Å². The highest BCUT2D eigenvalue weighted by atomic mass is 32.1. The molecule has 1 amide bonds. The van der Waals surface area contributed by atoms with E-state index in [1.165, 1.54) is 17.6 Å². The van der Waals surface area contributed by atoms with Gasteiger partial charge in [-0.15, -0.1) is 11.3 Å². The van der Waals surface area contributed by atoms with Crippen LogP contribution in [0.3, 0.4) is 0 Å². The molecule has 0 aromatic carbocycles. The van der Waals surface area contributed by atoms with E-state index in [4.69, 9.17) is 18.6 Å². The van der Waals surface area contributed by atoms with Crippen LogP contribution in [0.25, 0.3) is 10.8 Å². The quantitative estimate of drug-likeness (QED) is 0.431. The molecule has 1 saturated carbocycles. The SMILES string of the molecule is COC1=C(C(CN2C(=O)C3(CCC(C(=O)O)C3)C(=O)c3c2sc(-c2ncco2)c3C)OC2CCOCC2)CCC=C1. The number of amides is 1. The van der Waals surface area contributed by atoms with Crippen molar-refractivity contribution in [2.75, 3.05) is 31.8 Å². The van der Waals surface area contributed by atoms with Gasteiger partial charge in [0.05, 0.1) is 42.3 Å². The van der Waals surface area contributed by atoms with E-state index in [1.54, 1.807) is 18.2 Å². The van der Waals surface area contributed by atoms with Crippen molar-refractivity contribution >= 4 is 34.0 Å². The highest BCUT2D eigenvalue weighted by Gasteiger charge is 2.59. The predicted octanol–water partition coefficient (Wildman–Crippen LogP) is 4.93. The first-order valence-corrected chi connectivity index (χ1v) is 14.9. The molecule has 1 N–H and O–H groups in total. The number of allylic oxidation sites excluding steroid dienone is 2. The molecule has 3 unspecified atom stereocenters. The molecule has 1 saturated heterocycles. The van der Waals surface area contributed by atoms with Crippen LogP contribution in [0, 0.1) is 18.3 Å². The van der Waals surface area contributed by atoms with Crippen LogP contribution in [0.15, 0.2) is 40.4 Å². The summed E-state index contributed by atoms with van der Waals surface area (Å²) in [5.74, 6) is -1.29. The molecular weight excluding hydrogens is 548 g/mol. The minimum absolute atomic E-state index is 0.0141. The Morgan fingerprint density at radius 3 is 2.78 bits per heavy atom. The number of carbonyl (C=O) groups is 3. The van der Waals surface area contributed by atoms with Crippen molar-refractivity contribution in [3.63, 3.8) is 0 Å². The molecule has 2 aliphatic carbocycles. The molecule has 4 heterocycles. The second-order valence-electron chi connectivity index (χ2n) is 11.1. The molecule has 218 valence electrons. The van der Waals surface area contributed by atoms with E-state index in [0.29, 0.717) is 40.1 Å². The summed E-state index contributed by atoms with van der Waals surface area (Å²) in [6, 6.07) is 0. The van der Waals surface area contributed by atoms with Crippen LogP contribution in [-0.2, 0) is 23.8 Å². The number of fused-ring (bicyclic) bond motifs is 1. The maximum atomic E-state index is 14.5. The first-order valence-electron chi connectivity index (χ1n) is 14.1. The smallest absolute Gasteiger partial charge is 0.306 e. The molecule has 1 spiro atoms. The fraction of sp³-hybridized carbons (Fsp3) is 0.533. The van der Waals surface area contributed by atoms with Crippen LogP contribution in [0.4, 0.5) is 5.00 Å². The molecule has 2 fully saturated rings. The number of carbonyl (C=O) groups excluding carboxylic acids is 2. The van der Waals surface area contributed by atoms with Gasteiger partial charge >= 0.3 is 5.97 Å². The summed E-state index contributed by atoms with van der Waals surface area (Å²) in [6.45, 7) is 3.23. The number of hydrogen-bond donors (Lipinski definition) is 1. The van der Waals surface area contributed by atoms with Gasteiger partial charge in [0.2, 0.25) is 11.8 Å². The standard InChI is InChI=1S/C30H34N2O8S/c1-17-23-25(33)30(10-7-18(15-30)28(34)35)29(36)32(27(23)41-24(17)26-31-11-14-39-26)16-22(40-19-8-12-38-13-9-19)20-5-3-4-6-21(20)37-2/h4,6,11,14,18-19,22H,3,5,7-10,12-13,15-16H2,1-2H3,(H,34,35). The number of nitrogens with zero attached hydrogens (tertiary/aromatic N) is 2. The molecule has 2 aromatic rings. The number of anilines is 1. The van der Waals surface area contributed by atoms with Gasteiger partial charge in [0.1, 0.15) is 28.5 Å². The lowest BCUT2D eigenvalue weighted by molar-refractivity contribution is -0.141. The number of ketones is 1. The number of Topliss-reactive ketones (excluding diaryl/α,β-unsaturated/α-hetero) is 1. The lowest BCUT2D eigenvalue weighted by atomic mass is 9.73. The van der Waals surface area contributed by atoms with Crippen molar-refractivity contribution in [3.8, 4) is 10.8 Å². The Kier molecular flexibility index (Phi) is 7.60. The molecule has 41 heavy (non-hydrogen) atoms. The van der Waals surface area contributed by atoms with Crippen molar-refractivity contribution in [3.05, 3.63) is 47.1 Å². The van der Waals surface area contributed by atoms with Gasteiger partial charge in [-0.1, -0.05) is 6.08 Å². The summed E-state index contributed by atoms with van der Waals surface area (Å²) >= 11 is 1.30. The zero-order chi connectivity index (χ0) is 28.7. The van der Waals surface area contributed by atoms with Gasteiger partial charge in [-0.2, -0.15) is 0 Å². The Bertz CT molecular complexity index is 1400. The van der Waals surface area contributed by atoms with Crippen LogP contribution in [0.2, 0.25) is 0 Å². The molecule has 11 heteroatoms. The second kappa shape index (κ2) is 11.2. The molecule has 3 atom stereocenters. The van der Waals surface area contributed by atoms with Crippen LogP contribution in [0.1, 0.15) is 60.9 Å². The fourth-order valence-corrected chi connectivity index (χ4v) is 7.88. The second-order valence-corrected chi connectivity index (χ2v) is 12.1. The third kappa shape index (κ3) is 4.83. The topological polar surface area (TPSA) is 128 Å². The Balaban J connectivity index is 1.45.